The van der Waals surface area contributed by atoms with E-state index >= 15 is 0 Å². The van der Waals surface area contributed by atoms with Gasteiger partial charge in [-0.05, 0) is 5.56 Å². The summed E-state index contributed by atoms with van der Waals surface area (Å²) in [5.74, 6) is 1.15. The highest BCUT2D eigenvalue weighted by atomic mass is 16.5. The van der Waals surface area contributed by atoms with Gasteiger partial charge in [-0.3, -0.25) is 0 Å². The van der Waals surface area contributed by atoms with Crippen molar-refractivity contribution < 1.29 is 19.4 Å². The van der Waals surface area contributed by atoms with E-state index in [9.17, 15) is 9.90 Å². The molecular weight excluding hydrogens is 296 g/mol. The van der Waals surface area contributed by atoms with Crippen LogP contribution in [-0.2, 0) is 0 Å². The van der Waals surface area contributed by atoms with Crippen molar-refractivity contribution >= 4 is 11.7 Å². The molecule has 2 rings (SSSR count). The molecule has 0 radical (unpaired) electrons. The standard InChI is InChI=1S/C17H20N2O4/c1-22-14-8-13(9-15(10-14)23-2)19-17(21)18-11-16(20)12-6-4-3-5-7-12/h3-10,16,20H,11H2,1-2H3,(H2,18,19,21)/t16-/m1/s1. The molecule has 0 heterocycles. The number of rotatable bonds is 6. The Morgan fingerprint density at radius 3 is 2.26 bits per heavy atom. The van der Waals surface area contributed by atoms with Crippen LogP contribution in [0.2, 0.25) is 0 Å². The topological polar surface area (TPSA) is 79.8 Å². The van der Waals surface area contributed by atoms with Crippen LogP contribution in [0.5, 0.6) is 11.5 Å². The van der Waals surface area contributed by atoms with Crippen molar-refractivity contribution in [2.45, 2.75) is 6.10 Å². The summed E-state index contributed by atoms with van der Waals surface area (Å²) < 4.78 is 10.3. The summed E-state index contributed by atoms with van der Waals surface area (Å²) in [4.78, 5) is 11.9. The van der Waals surface area contributed by atoms with Crippen LogP contribution in [0.3, 0.4) is 0 Å². The number of urea groups is 1. The minimum Gasteiger partial charge on any atom is -0.497 e. The molecule has 3 N–H and O–H groups in total. The Balaban J connectivity index is 1.92. The number of amides is 2. The highest BCUT2D eigenvalue weighted by Crippen LogP contribution is 2.25. The zero-order valence-corrected chi connectivity index (χ0v) is 13.1. The molecule has 1 atom stereocenters. The molecule has 2 aromatic rings. The molecule has 0 spiro atoms. The van der Waals surface area contributed by atoms with Gasteiger partial charge in [0.15, 0.2) is 0 Å². The normalized spacial score (nSPS) is 11.4. The highest BCUT2D eigenvalue weighted by Gasteiger charge is 2.10. The van der Waals surface area contributed by atoms with Crippen molar-refractivity contribution in [3.05, 3.63) is 54.1 Å². The molecular formula is C17H20N2O4. The predicted molar refractivity (Wildman–Crippen MR) is 88.0 cm³/mol. The Morgan fingerprint density at radius 2 is 1.70 bits per heavy atom. The zero-order chi connectivity index (χ0) is 16.7. The molecule has 0 fully saturated rings. The maximum absolute atomic E-state index is 11.9. The average molecular weight is 316 g/mol. The molecule has 0 aliphatic heterocycles. The lowest BCUT2D eigenvalue weighted by Gasteiger charge is -2.14. The summed E-state index contributed by atoms with van der Waals surface area (Å²) in [5, 5.41) is 15.3. The van der Waals surface area contributed by atoms with Crippen molar-refractivity contribution in [3.8, 4) is 11.5 Å². The van der Waals surface area contributed by atoms with Gasteiger partial charge in [0.25, 0.3) is 0 Å². The fraction of sp³-hybridized carbons (Fsp3) is 0.235. The zero-order valence-electron chi connectivity index (χ0n) is 13.1. The molecule has 2 amide bonds. The van der Waals surface area contributed by atoms with Gasteiger partial charge in [-0.2, -0.15) is 0 Å². The van der Waals surface area contributed by atoms with Gasteiger partial charge in [-0.1, -0.05) is 30.3 Å². The largest absolute Gasteiger partial charge is 0.497 e. The molecule has 2 aromatic carbocycles. The third-order valence-corrected chi connectivity index (χ3v) is 3.25. The molecule has 6 nitrogen and oxygen atoms in total. The van der Waals surface area contributed by atoms with Gasteiger partial charge in [0.05, 0.1) is 20.3 Å². The number of hydrogen-bond acceptors (Lipinski definition) is 4. The SMILES string of the molecule is COc1cc(NC(=O)NC[C@@H](O)c2ccccc2)cc(OC)c1. The first-order valence-electron chi connectivity index (χ1n) is 7.13. The smallest absolute Gasteiger partial charge is 0.319 e. The monoisotopic (exact) mass is 316 g/mol. The van der Waals surface area contributed by atoms with E-state index in [0.717, 1.165) is 5.56 Å². The summed E-state index contributed by atoms with van der Waals surface area (Å²) in [7, 11) is 3.07. The van der Waals surface area contributed by atoms with Gasteiger partial charge in [-0.25, -0.2) is 4.79 Å². The number of nitrogens with one attached hydrogen (secondary N) is 2. The van der Waals surface area contributed by atoms with E-state index in [0.29, 0.717) is 17.2 Å². The molecule has 0 bridgehead atoms. The lowest BCUT2D eigenvalue weighted by molar-refractivity contribution is 0.175. The fourth-order valence-electron chi connectivity index (χ4n) is 2.04. The molecule has 0 saturated carbocycles. The molecule has 122 valence electrons. The summed E-state index contributed by atoms with van der Waals surface area (Å²) >= 11 is 0. The lowest BCUT2D eigenvalue weighted by atomic mass is 10.1. The predicted octanol–water partition coefficient (Wildman–Crippen LogP) is 2.56. The van der Waals surface area contributed by atoms with E-state index in [-0.39, 0.29) is 6.54 Å². The number of carbonyl (C=O) groups excluding carboxylic acids is 1. The second kappa shape index (κ2) is 8.05. The molecule has 0 unspecified atom stereocenters. The quantitative estimate of drug-likeness (QED) is 0.765. The Bertz CT molecular complexity index is 624. The van der Waals surface area contributed by atoms with E-state index in [2.05, 4.69) is 10.6 Å². The van der Waals surface area contributed by atoms with E-state index in [4.69, 9.17) is 9.47 Å². The highest BCUT2D eigenvalue weighted by molar-refractivity contribution is 5.89. The van der Waals surface area contributed by atoms with Crippen LogP contribution in [0.15, 0.2) is 48.5 Å². The first-order valence-corrected chi connectivity index (χ1v) is 7.13. The van der Waals surface area contributed by atoms with Crippen LogP contribution in [0.25, 0.3) is 0 Å². The number of hydrogen-bond donors (Lipinski definition) is 3. The third-order valence-electron chi connectivity index (χ3n) is 3.25. The van der Waals surface area contributed by atoms with Crippen molar-refractivity contribution in [3.63, 3.8) is 0 Å². The number of methoxy groups -OCH3 is 2. The van der Waals surface area contributed by atoms with Crippen LogP contribution >= 0.6 is 0 Å². The number of ether oxygens (including phenoxy) is 2. The van der Waals surface area contributed by atoms with Gasteiger partial charge in [0.1, 0.15) is 11.5 Å². The molecule has 6 heteroatoms. The van der Waals surface area contributed by atoms with Crippen molar-refractivity contribution in [2.24, 2.45) is 0 Å². The minimum absolute atomic E-state index is 0.108. The van der Waals surface area contributed by atoms with E-state index in [1.807, 2.05) is 18.2 Å². The van der Waals surface area contributed by atoms with Crippen molar-refractivity contribution in [2.75, 3.05) is 26.1 Å². The first-order chi connectivity index (χ1) is 11.1. The number of aliphatic hydroxyl groups is 1. The van der Waals surface area contributed by atoms with Crippen LogP contribution in [0.4, 0.5) is 10.5 Å². The summed E-state index contributed by atoms with van der Waals surface area (Å²) in [5.41, 5.74) is 1.28. The Kier molecular flexibility index (Phi) is 5.82. The van der Waals surface area contributed by atoms with Gasteiger partial charge >= 0.3 is 6.03 Å². The van der Waals surface area contributed by atoms with E-state index < -0.39 is 12.1 Å². The average Bonchev–Trinajstić information content (AvgIpc) is 2.60. The Morgan fingerprint density at radius 1 is 1.09 bits per heavy atom. The molecule has 0 aromatic heterocycles. The van der Waals surface area contributed by atoms with Gasteiger partial charge in [0.2, 0.25) is 0 Å². The van der Waals surface area contributed by atoms with Crippen molar-refractivity contribution in [1.29, 1.82) is 0 Å². The summed E-state index contributed by atoms with van der Waals surface area (Å²) in [6.45, 7) is 0.108. The number of aliphatic hydroxyl groups excluding tert-OH is 1. The van der Waals surface area contributed by atoms with Gasteiger partial charge in [-0.15, -0.1) is 0 Å². The molecule has 0 saturated heterocycles. The maximum atomic E-state index is 11.9. The lowest BCUT2D eigenvalue weighted by Crippen LogP contribution is -2.32. The Hall–Kier alpha value is -2.73. The second-order valence-corrected chi connectivity index (χ2v) is 4.86. The summed E-state index contributed by atoms with van der Waals surface area (Å²) in [6, 6.07) is 13.8. The number of benzene rings is 2. The van der Waals surface area contributed by atoms with E-state index in [1.54, 1.807) is 30.3 Å². The first kappa shape index (κ1) is 16.6. The van der Waals surface area contributed by atoms with Crippen LogP contribution in [-0.4, -0.2) is 31.9 Å². The molecule has 0 aliphatic carbocycles. The Labute approximate surface area is 135 Å². The van der Waals surface area contributed by atoms with Crippen molar-refractivity contribution in [1.82, 2.24) is 5.32 Å². The maximum Gasteiger partial charge on any atom is 0.319 e. The molecule has 23 heavy (non-hydrogen) atoms. The fourth-order valence-corrected chi connectivity index (χ4v) is 2.04. The van der Waals surface area contributed by atoms with Crippen LogP contribution < -0.4 is 20.1 Å². The van der Waals surface area contributed by atoms with Crippen LogP contribution in [0, 0.1) is 0 Å². The van der Waals surface area contributed by atoms with Gasteiger partial charge < -0.3 is 25.2 Å². The molecule has 0 aliphatic rings. The minimum atomic E-state index is -0.762. The number of carbonyl (C=O) groups is 1. The van der Waals surface area contributed by atoms with Gasteiger partial charge in [0, 0.05) is 30.4 Å². The van der Waals surface area contributed by atoms with Crippen LogP contribution in [0.1, 0.15) is 11.7 Å². The number of anilines is 1. The second-order valence-electron chi connectivity index (χ2n) is 4.86. The van der Waals surface area contributed by atoms with E-state index in [1.165, 1.54) is 14.2 Å². The third kappa shape index (κ3) is 4.89. The summed E-state index contributed by atoms with van der Waals surface area (Å²) in [6.07, 6.45) is -0.762.